The van der Waals surface area contributed by atoms with Crippen molar-refractivity contribution in [1.29, 1.82) is 0 Å². The minimum Gasteiger partial charge on any atom is -0.463 e. The second-order valence-corrected chi connectivity index (χ2v) is 4.45. The minimum atomic E-state index is -0.816. The number of anilines is 1. The Labute approximate surface area is 122 Å². The number of ether oxygens (including phenoxy) is 1. The van der Waals surface area contributed by atoms with Gasteiger partial charge in [-0.1, -0.05) is 12.1 Å². The first-order chi connectivity index (χ1) is 10.1. The van der Waals surface area contributed by atoms with Gasteiger partial charge in [-0.05, 0) is 24.3 Å². The first-order valence-electron chi connectivity index (χ1n) is 6.45. The van der Waals surface area contributed by atoms with Gasteiger partial charge < -0.3 is 24.7 Å². The Balaban J connectivity index is 2.13. The van der Waals surface area contributed by atoms with Gasteiger partial charge in [-0.3, -0.25) is 0 Å². The van der Waals surface area contributed by atoms with Crippen LogP contribution in [-0.4, -0.2) is 42.5 Å². The molecule has 0 saturated carbocycles. The van der Waals surface area contributed by atoms with E-state index in [4.69, 9.17) is 9.52 Å². The third-order valence-corrected chi connectivity index (χ3v) is 2.89. The lowest BCUT2D eigenvalue weighted by atomic mass is 10.1. The molecule has 0 radical (unpaired) electrons. The van der Waals surface area contributed by atoms with Gasteiger partial charge in [0, 0.05) is 17.8 Å². The van der Waals surface area contributed by atoms with Crippen LogP contribution in [0.5, 0.6) is 0 Å². The van der Waals surface area contributed by atoms with Gasteiger partial charge in [0.25, 0.3) is 0 Å². The standard InChI is InChI=1S/C15H17NO5/c1-20-15(19)14-6-5-13(21-14)10-3-2-4-11(7-10)16-8-12(18)9-17/h2-7,12,16-18H,8-9H2,1H3. The molecule has 6 nitrogen and oxygen atoms in total. The van der Waals surface area contributed by atoms with E-state index in [0.29, 0.717) is 5.76 Å². The smallest absolute Gasteiger partial charge is 0.373 e. The summed E-state index contributed by atoms with van der Waals surface area (Å²) in [6, 6.07) is 10.6. The van der Waals surface area contributed by atoms with E-state index >= 15 is 0 Å². The van der Waals surface area contributed by atoms with Crippen molar-refractivity contribution >= 4 is 11.7 Å². The molecule has 1 aromatic heterocycles. The molecule has 0 aliphatic carbocycles. The van der Waals surface area contributed by atoms with Crippen molar-refractivity contribution in [3.05, 3.63) is 42.2 Å². The van der Waals surface area contributed by atoms with Crippen molar-refractivity contribution in [1.82, 2.24) is 0 Å². The van der Waals surface area contributed by atoms with Crippen molar-refractivity contribution in [3.8, 4) is 11.3 Å². The molecular formula is C15H17NO5. The van der Waals surface area contributed by atoms with Crippen LogP contribution in [-0.2, 0) is 4.74 Å². The van der Waals surface area contributed by atoms with Crippen LogP contribution in [0.1, 0.15) is 10.6 Å². The number of methoxy groups -OCH3 is 1. The Kier molecular flexibility index (Phi) is 4.97. The highest BCUT2D eigenvalue weighted by Gasteiger charge is 2.12. The van der Waals surface area contributed by atoms with E-state index in [-0.39, 0.29) is 18.9 Å². The monoisotopic (exact) mass is 291 g/mol. The topological polar surface area (TPSA) is 91.9 Å². The van der Waals surface area contributed by atoms with E-state index in [0.717, 1.165) is 11.3 Å². The molecule has 0 saturated heterocycles. The number of furan rings is 1. The molecule has 21 heavy (non-hydrogen) atoms. The molecule has 1 atom stereocenters. The number of benzene rings is 1. The van der Waals surface area contributed by atoms with Crippen molar-refractivity contribution in [2.24, 2.45) is 0 Å². The first kappa shape index (κ1) is 15.1. The van der Waals surface area contributed by atoms with Gasteiger partial charge in [0.1, 0.15) is 5.76 Å². The lowest BCUT2D eigenvalue weighted by Crippen LogP contribution is -2.22. The summed E-state index contributed by atoms with van der Waals surface area (Å²) in [6.45, 7) is -0.0567. The SMILES string of the molecule is COC(=O)c1ccc(-c2cccc(NCC(O)CO)c2)o1. The second-order valence-electron chi connectivity index (χ2n) is 4.45. The minimum absolute atomic E-state index is 0.140. The van der Waals surface area contributed by atoms with Gasteiger partial charge in [0.2, 0.25) is 5.76 Å². The van der Waals surface area contributed by atoms with Crippen molar-refractivity contribution < 1.29 is 24.2 Å². The number of nitrogens with one attached hydrogen (secondary N) is 1. The third-order valence-electron chi connectivity index (χ3n) is 2.89. The number of carbonyl (C=O) groups excluding carboxylic acids is 1. The number of hydrogen-bond acceptors (Lipinski definition) is 6. The normalized spacial score (nSPS) is 12.0. The number of hydrogen-bond donors (Lipinski definition) is 3. The molecule has 0 amide bonds. The van der Waals surface area contributed by atoms with E-state index in [1.165, 1.54) is 7.11 Å². The Morgan fingerprint density at radius 3 is 2.90 bits per heavy atom. The molecule has 0 bridgehead atoms. The van der Waals surface area contributed by atoms with Crippen LogP contribution in [0.4, 0.5) is 5.69 Å². The highest BCUT2D eigenvalue weighted by molar-refractivity contribution is 5.87. The van der Waals surface area contributed by atoms with Crippen LogP contribution in [0, 0.1) is 0 Å². The fourth-order valence-corrected chi connectivity index (χ4v) is 1.79. The number of esters is 1. The molecule has 1 heterocycles. The van der Waals surface area contributed by atoms with Gasteiger partial charge in [-0.15, -0.1) is 0 Å². The zero-order valence-electron chi connectivity index (χ0n) is 11.6. The van der Waals surface area contributed by atoms with Gasteiger partial charge in [0.15, 0.2) is 0 Å². The lowest BCUT2D eigenvalue weighted by Gasteiger charge is -2.10. The molecular weight excluding hydrogens is 274 g/mol. The molecule has 112 valence electrons. The first-order valence-corrected chi connectivity index (χ1v) is 6.45. The van der Waals surface area contributed by atoms with Crippen molar-refractivity contribution in [2.75, 3.05) is 25.6 Å². The van der Waals surface area contributed by atoms with Crippen molar-refractivity contribution in [2.45, 2.75) is 6.10 Å². The third kappa shape index (κ3) is 3.84. The van der Waals surface area contributed by atoms with Gasteiger partial charge >= 0.3 is 5.97 Å². The summed E-state index contributed by atoms with van der Waals surface area (Å²) in [5.74, 6) is 0.157. The van der Waals surface area contributed by atoms with Gasteiger partial charge in [0.05, 0.1) is 19.8 Å². The van der Waals surface area contributed by atoms with E-state index < -0.39 is 12.1 Å². The fourth-order valence-electron chi connectivity index (χ4n) is 1.79. The van der Waals surface area contributed by atoms with Crippen LogP contribution in [0.2, 0.25) is 0 Å². The average molecular weight is 291 g/mol. The molecule has 1 unspecified atom stereocenters. The maximum absolute atomic E-state index is 11.4. The summed E-state index contributed by atoms with van der Waals surface area (Å²) in [6.07, 6.45) is -0.816. The summed E-state index contributed by atoms with van der Waals surface area (Å²) in [7, 11) is 1.29. The Hall–Kier alpha value is -2.31. The number of rotatable bonds is 6. The molecule has 2 rings (SSSR count). The largest absolute Gasteiger partial charge is 0.463 e. The summed E-state index contributed by atoms with van der Waals surface area (Å²) in [5.41, 5.74) is 1.56. The van der Waals surface area contributed by atoms with Crippen LogP contribution >= 0.6 is 0 Å². The zero-order valence-corrected chi connectivity index (χ0v) is 11.6. The predicted octanol–water partition coefficient (Wildman–Crippen LogP) is 1.50. The molecule has 0 aliphatic heterocycles. The predicted molar refractivity (Wildman–Crippen MR) is 77.1 cm³/mol. The average Bonchev–Trinajstić information content (AvgIpc) is 3.02. The Morgan fingerprint density at radius 1 is 1.38 bits per heavy atom. The summed E-state index contributed by atoms with van der Waals surface area (Å²) >= 11 is 0. The van der Waals surface area contributed by atoms with E-state index in [1.54, 1.807) is 12.1 Å². The van der Waals surface area contributed by atoms with Crippen LogP contribution in [0.15, 0.2) is 40.8 Å². The Bertz CT molecular complexity index is 608. The Morgan fingerprint density at radius 2 is 2.19 bits per heavy atom. The van der Waals surface area contributed by atoms with Crippen LogP contribution in [0.3, 0.4) is 0 Å². The molecule has 3 N–H and O–H groups in total. The molecule has 0 aliphatic rings. The molecule has 0 spiro atoms. The second kappa shape index (κ2) is 6.92. The highest BCUT2D eigenvalue weighted by atomic mass is 16.5. The maximum Gasteiger partial charge on any atom is 0.373 e. The fraction of sp³-hybridized carbons (Fsp3) is 0.267. The molecule has 2 aromatic rings. The van der Waals surface area contributed by atoms with E-state index in [9.17, 15) is 9.90 Å². The molecule has 6 heteroatoms. The zero-order chi connectivity index (χ0) is 15.2. The van der Waals surface area contributed by atoms with Crippen LogP contribution < -0.4 is 5.32 Å². The molecule has 0 fully saturated rings. The van der Waals surface area contributed by atoms with Crippen LogP contribution in [0.25, 0.3) is 11.3 Å². The summed E-state index contributed by atoms with van der Waals surface area (Å²) in [5, 5.41) is 21.1. The molecule has 1 aromatic carbocycles. The highest BCUT2D eigenvalue weighted by Crippen LogP contribution is 2.25. The number of aliphatic hydroxyl groups excluding tert-OH is 2. The van der Waals surface area contributed by atoms with Gasteiger partial charge in [-0.2, -0.15) is 0 Å². The van der Waals surface area contributed by atoms with E-state index in [1.807, 2.05) is 24.3 Å². The quantitative estimate of drug-likeness (QED) is 0.699. The summed E-state index contributed by atoms with van der Waals surface area (Å²) < 4.78 is 10.0. The lowest BCUT2D eigenvalue weighted by molar-refractivity contribution is 0.0566. The van der Waals surface area contributed by atoms with E-state index in [2.05, 4.69) is 10.1 Å². The van der Waals surface area contributed by atoms with Gasteiger partial charge in [-0.25, -0.2) is 4.79 Å². The maximum atomic E-state index is 11.4. The number of aliphatic hydroxyl groups is 2. The van der Waals surface area contributed by atoms with Crippen molar-refractivity contribution in [3.63, 3.8) is 0 Å². The summed E-state index contributed by atoms with van der Waals surface area (Å²) in [4.78, 5) is 11.4. The number of carbonyl (C=O) groups is 1.